The summed E-state index contributed by atoms with van der Waals surface area (Å²) in [5, 5.41) is 3.34. The lowest BCUT2D eigenvalue weighted by molar-refractivity contribution is 0.0564. The molecule has 0 unspecified atom stereocenters. The Morgan fingerprint density at radius 2 is 2.19 bits per heavy atom. The topological polar surface area (TPSA) is 63.6 Å². The van der Waals surface area contributed by atoms with E-state index < -0.39 is 11.7 Å². The third-order valence-electron chi connectivity index (χ3n) is 2.41. The number of hydrogen-bond acceptors (Lipinski definition) is 6. The standard InChI is InChI=1S/C14H19N3O2S2/c1-14(2,3)19-13(18)17-12-16-10(9-21-12)8-20-11-4-6-15-7-5-11/h4-7,10H,8-9H2,1-3H3,(H,16,17,18)/t10-/m0/s1. The lowest BCUT2D eigenvalue weighted by Crippen LogP contribution is -2.34. The molecule has 1 aliphatic rings. The van der Waals surface area contributed by atoms with Gasteiger partial charge in [-0.05, 0) is 32.9 Å². The molecule has 0 saturated carbocycles. The van der Waals surface area contributed by atoms with Gasteiger partial charge in [0, 0.05) is 28.8 Å². The molecule has 2 heterocycles. The number of amides is 1. The first-order valence-electron chi connectivity index (χ1n) is 6.66. The second kappa shape index (κ2) is 7.17. The number of rotatable bonds is 3. The summed E-state index contributed by atoms with van der Waals surface area (Å²) in [6, 6.07) is 4.17. The first-order valence-corrected chi connectivity index (χ1v) is 8.63. The zero-order valence-electron chi connectivity index (χ0n) is 12.3. The highest BCUT2D eigenvalue weighted by molar-refractivity contribution is 8.14. The summed E-state index contributed by atoms with van der Waals surface area (Å²) in [5.74, 6) is 1.76. The highest BCUT2D eigenvalue weighted by Crippen LogP contribution is 2.24. The molecule has 0 radical (unpaired) electrons. The Morgan fingerprint density at radius 1 is 1.48 bits per heavy atom. The summed E-state index contributed by atoms with van der Waals surface area (Å²) >= 11 is 3.30. The van der Waals surface area contributed by atoms with E-state index in [1.165, 1.54) is 4.90 Å². The Bertz CT molecular complexity index is 515. The maximum atomic E-state index is 11.7. The van der Waals surface area contributed by atoms with Crippen LogP contribution < -0.4 is 5.32 Å². The Kier molecular flexibility index (Phi) is 5.52. The van der Waals surface area contributed by atoms with Gasteiger partial charge in [0.15, 0.2) is 5.17 Å². The van der Waals surface area contributed by atoms with Crippen molar-refractivity contribution >= 4 is 34.8 Å². The van der Waals surface area contributed by atoms with Crippen LogP contribution in [0.3, 0.4) is 0 Å². The molecule has 1 aromatic rings. The van der Waals surface area contributed by atoms with Crippen molar-refractivity contribution in [3.05, 3.63) is 24.5 Å². The summed E-state index contributed by atoms with van der Waals surface area (Å²) in [5.41, 5.74) is -0.496. The number of aromatic nitrogens is 1. The van der Waals surface area contributed by atoms with Gasteiger partial charge in [-0.1, -0.05) is 11.8 Å². The van der Waals surface area contributed by atoms with Crippen molar-refractivity contribution in [1.82, 2.24) is 10.3 Å². The highest BCUT2D eigenvalue weighted by Gasteiger charge is 2.22. The third kappa shape index (κ3) is 5.97. The van der Waals surface area contributed by atoms with Crippen LogP contribution in [0.5, 0.6) is 0 Å². The van der Waals surface area contributed by atoms with Crippen LogP contribution in [0.1, 0.15) is 20.8 Å². The highest BCUT2D eigenvalue weighted by atomic mass is 32.2. The number of ether oxygens (including phenoxy) is 1. The summed E-state index contributed by atoms with van der Waals surface area (Å²) < 4.78 is 5.21. The molecule has 0 spiro atoms. The van der Waals surface area contributed by atoms with E-state index in [-0.39, 0.29) is 6.04 Å². The minimum Gasteiger partial charge on any atom is -0.444 e. The van der Waals surface area contributed by atoms with E-state index in [2.05, 4.69) is 15.3 Å². The minimum atomic E-state index is -0.496. The molecule has 0 bridgehead atoms. The van der Waals surface area contributed by atoms with Crippen LogP contribution in [0.25, 0.3) is 0 Å². The third-order valence-corrected chi connectivity index (χ3v) is 4.60. The summed E-state index contributed by atoms with van der Waals surface area (Å²) in [7, 11) is 0. The normalized spacial score (nSPS) is 18.2. The van der Waals surface area contributed by atoms with Gasteiger partial charge in [0.25, 0.3) is 0 Å². The number of carbonyl (C=O) groups is 1. The summed E-state index contributed by atoms with van der Waals surface area (Å²) in [6.07, 6.45) is 3.12. The van der Waals surface area contributed by atoms with Gasteiger partial charge in [-0.3, -0.25) is 15.3 Å². The number of alkyl carbamates (subject to hydrolysis) is 1. The predicted molar refractivity (Wildman–Crippen MR) is 88.0 cm³/mol. The number of pyridine rings is 1. The van der Waals surface area contributed by atoms with E-state index in [0.29, 0.717) is 5.17 Å². The zero-order chi connectivity index (χ0) is 15.3. The number of carbonyl (C=O) groups excluding carboxylic acids is 1. The first-order chi connectivity index (χ1) is 9.92. The van der Waals surface area contributed by atoms with Gasteiger partial charge in [0.1, 0.15) is 5.60 Å². The van der Waals surface area contributed by atoms with E-state index in [1.807, 2.05) is 32.9 Å². The van der Waals surface area contributed by atoms with Crippen molar-refractivity contribution < 1.29 is 9.53 Å². The summed E-state index contributed by atoms with van der Waals surface area (Å²) in [4.78, 5) is 21.3. The van der Waals surface area contributed by atoms with Crippen molar-refractivity contribution in [3.63, 3.8) is 0 Å². The molecule has 21 heavy (non-hydrogen) atoms. The number of nitrogens with zero attached hydrogens (tertiary/aromatic N) is 2. The van der Waals surface area contributed by atoms with Crippen molar-refractivity contribution in [3.8, 4) is 0 Å². The Hall–Kier alpha value is -1.21. The molecule has 114 valence electrons. The molecule has 1 atom stereocenters. The second-order valence-electron chi connectivity index (χ2n) is 5.52. The van der Waals surface area contributed by atoms with Crippen LogP contribution in [0.4, 0.5) is 4.79 Å². The van der Waals surface area contributed by atoms with Crippen molar-refractivity contribution in [2.24, 2.45) is 4.99 Å². The molecule has 1 aliphatic heterocycles. The molecular weight excluding hydrogens is 306 g/mol. The fourth-order valence-corrected chi connectivity index (χ4v) is 3.55. The fraction of sp³-hybridized carbons (Fsp3) is 0.500. The van der Waals surface area contributed by atoms with Gasteiger partial charge < -0.3 is 4.74 Å². The Balaban J connectivity index is 1.78. The Labute approximate surface area is 133 Å². The van der Waals surface area contributed by atoms with Crippen molar-refractivity contribution in [1.29, 1.82) is 0 Å². The molecule has 1 aromatic heterocycles. The quantitative estimate of drug-likeness (QED) is 0.865. The molecule has 0 aromatic carbocycles. The molecule has 0 fully saturated rings. The van der Waals surface area contributed by atoms with E-state index in [0.717, 1.165) is 11.5 Å². The molecule has 0 saturated heterocycles. The monoisotopic (exact) mass is 325 g/mol. The zero-order valence-corrected chi connectivity index (χ0v) is 14.0. The number of aliphatic imine (C=N–C) groups is 1. The van der Waals surface area contributed by atoms with Crippen LogP contribution in [-0.2, 0) is 4.74 Å². The first kappa shape index (κ1) is 16.2. The number of hydrogen-bond donors (Lipinski definition) is 1. The average molecular weight is 325 g/mol. The number of thioether (sulfide) groups is 2. The van der Waals surface area contributed by atoms with E-state index in [4.69, 9.17) is 4.74 Å². The lowest BCUT2D eigenvalue weighted by atomic mass is 10.2. The Morgan fingerprint density at radius 3 is 2.86 bits per heavy atom. The van der Waals surface area contributed by atoms with Crippen molar-refractivity contribution in [2.45, 2.75) is 37.3 Å². The van der Waals surface area contributed by atoms with Gasteiger partial charge in [-0.2, -0.15) is 0 Å². The SMILES string of the molecule is CC(C)(C)OC(=O)NC1=N[C@@H](CSc2ccncc2)CS1. The van der Waals surface area contributed by atoms with Gasteiger partial charge in [0.2, 0.25) is 0 Å². The molecule has 1 N–H and O–H groups in total. The molecule has 0 aliphatic carbocycles. The van der Waals surface area contributed by atoms with E-state index in [9.17, 15) is 4.79 Å². The van der Waals surface area contributed by atoms with Gasteiger partial charge in [0.05, 0.1) is 6.04 Å². The largest absolute Gasteiger partial charge is 0.444 e. The summed E-state index contributed by atoms with van der Waals surface area (Å²) in [6.45, 7) is 5.51. The smallest absolute Gasteiger partial charge is 0.413 e. The number of nitrogens with one attached hydrogen (secondary N) is 1. The van der Waals surface area contributed by atoms with Crippen molar-refractivity contribution in [2.75, 3.05) is 11.5 Å². The molecule has 1 amide bonds. The minimum absolute atomic E-state index is 0.207. The van der Waals surface area contributed by atoms with E-state index >= 15 is 0 Å². The van der Waals surface area contributed by atoms with E-state index in [1.54, 1.807) is 35.9 Å². The molecule has 2 rings (SSSR count). The van der Waals surface area contributed by atoms with Gasteiger partial charge in [-0.15, -0.1) is 11.8 Å². The molecule has 5 nitrogen and oxygen atoms in total. The van der Waals surface area contributed by atoms with Crippen LogP contribution in [0.2, 0.25) is 0 Å². The van der Waals surface area contributed by atoms with Gasteiger partial charge >= 0.3 is 6.09 Å². The van der Waals surface area contributed by atoms with Crippen LogP contribution in [-0.4, -0.2) is 39.4 Å². The number of amidine groups is 1. The lowest BCUT2D eigenvalue weighted by Gasteiger charge is -2.19. The molecular formula is C14H19N3O2S2. The maximum absolute atomic E-state index is 11.7. The average Bonchev–Trinajstić information content (AvgIpc) is 2.83. The predicted octanol–water partition coefficient (Wildman–Crippen LogP) is 3.17. The van der Waals surface area contributed by atoms with Crippen LogP contribution in [0.15, 0.2) is 34.4 Å². The maximum Gasteiger partial charge on any atom is 0.413 e. The van der Waals surface area contributed by atoms with Crippen LogP contribution >= 0.6 is 23.5 Å². The van der Waals surface area contributed by atoms with Crippen LogP contribution in [0, 0.1) is 0 Å². The molecule has 7 heteroatoms. The second-order valence-corrected chi connectivity index (χ2v) is 7.62. The van der Waals surface area contributed by atoms with Gasteiger partial charge in [-0.25, -0.2) is 4.79 Å². The fourth-order valence-electron chi connectivity index (χ4n) is 1.59.